The number of aryl methyl sites for hydroxylation is 1. The molecule has 206 valence electrons. The number of rotatable bonds is 9. The van der Waals surface area contributed by atoms with Crippen LogP contribution < -0.4 is 16.0 Å². The number of hydrogen-bond donors (Lipinski definition) is 1. The molecule has 1 aromatic carbocycles. The first-order chi connectivity index (χ1) is 18.8. The minimum absolute atomic E-state index is 0.0984. The maximum Gasteiger partial charge on any atom is 0.332 e. The second-order valence-electron chi connectivity index (χ2n) is 9.18. The van der Waals surface area contributed by atoms with Gasteiger partial charge in [-0.05, 0) is 37.1 Å². The number of benzene rings is 1. The molecule has 2 atom stereocenters. The van der Waals surface area contributed by atoms with Crippen LogP contribution in [0.3, 0.4) is 0 Å². The summed E-state index contributed by atoms with van der Waals surface area (Å²) in [7, 11) is 3.05. The van der Waals surface area contributed by atoms with E-state index in [4.69, 9.17) is 13.9 Å². The lowest BCUT2D eigenvalue weighted by atomic mass is 10.1. The summed E-state index contributed by atoms with van der Waals surface area (Å²) in [6.07, 6.45) is 2.25. The normalized spacial score (nSPS) is 16.4. The number of aliphatic hydroxyl groups is 1. The number of hydrogen-bond acceptors (Lipinski definition) is 9. The van der Waals surface area contributed by atoms with Crippen LogP contribution in [0.4, 0.5) is 4.39 Å². The smallest absolute Gasteiger partial charge is 0.332 e. The zero-order chi connectivity index (χ0) is 27.8. The van der Waals surface area contributed by atoms with Gasteiger partial charge in [-0.3, -0.25) is 14.2 Å². The largest absolute Gasteiger partial charge is 0.496 e. The Bertz CT molecular complexity index is 1640. The number of halogens is 1. The summed E-state index contributed by atoms with van der Waals surface area (Å²) < 4.78 is 33.5. The number of amides is 1. The van der Waals surface area contributed by atoms with Gasteiger partial charge < -0.3 is 23.9 Å². The van der Waals surface area contributed by atoms with Crippen molar-refractivity contribution < 1.29 is 28.2 Å². The van der Waals surface area contributed by atoms with E-state index in [-0.39, 0.29) is 36.9 Å². The van der Waals surface area contributed by atoms with Gasteiger partial charge in [-0.1, -0.05) is 0 Å². The number of thiophene rings is 1. The van der Waals surface area contributed by atoms with Crippen LogP contribution >= 0.6 is 11.3 Å². The van der Waals surface area contributed by atoms with Crippen LogP contribution in [-0.4, -0.2) is 63.9 Å². The van der Waals surface area contributed by atoms with Crippen molar-refractivity contribution in [2.24, 2.45) is 0 Å². The molecule has 0 bridgehead atoms. The molecule has 4 heterocycles. The molecular formula is C26H27FN4O7S. The number of likely N-dealkylation sites (N-methyl/N-ethyl adjacent to an activating group) is 1. The number of carbonyl (C=O) groups excluding carboxylic acids is 1. The Kier molecular flexibility index (Phi) is 7.38. The van der Waals surface area contributed by atoms with E-state index in [0.717, 1.165) is 15.9 Å². The Labute approximate surface area is 225 Å². The van der Waals surface area contributed by atoms with Crippen LogP contribution in [0.2, 0.25) is 0 Å². The summed E-state index contributed by atoms with van der Waals surface area (Å²) in [6.45, 7) is 1.57. The molecule has 1 amide bonds. The molecule has 1 N–H and O–H groups in total. The molecule has 3 aromatic heterocycles. The second kappa shape index (κ2) is 10.8. The van der Waals surface area contributed by atoms with Crippen LogP contribution in [0, 0.1) is 12.7 Å². The van der Waals surface area contributed by atoms with Crippen molar-refractivity contribution in [2.45, 2.75) is 32.0 Å². The SMILES string of the molecule is COc1ccc(F)cc1C(Cn1c(=O)n(C2CCN(C)C2=O)c(=O)c2c(C)c(-c3ncco3)sc21)OCCO. The standard InChI is InChI=1S/C26H27FN4O7S/c1-14-20-24(34)31(17-6-8-29(2)23(17)33)26(35)30(25(20)39-21(14)22-28-7-10-38-22)13-19(37-11-9-32)16-12-15(27)4-5-18(16)36-3/h4-5,7,10,12,17,19,32H,6,8-9,11,13H2,1-3H3. The third-order valence-electron chi connectivity index (χ3n) is 6.88. The fourth-order valence-corrected chi connectivity index (χ4v) is 6.18. The van der Waals surface area contributed by atoms with Crippen molar-refractivity contribution in [3.8, 4) is 16.5 Å². The van der Waals surface area contributed by atoms with Crippen molar-refractivity contribution >= 4 is 27.5 Å². The molecule has 0 radical (unpaired) electrons. The number of oxazole rings is 1. The Balaban J connectivity index is 1.77. The average Bonchev–Trinajstić information content (AvgIpc) is 3.65. The van der Waals surface area contributed by atoms with Gasteiger partial charge in [0, 0.05) is 19.2 Å². The molecule has 1 aliphatic heterocycles. The predicted molar refractivity (Wildman–Crippen MR) is 141 cm³/mol. The monoisotopic (exact) mass is 558 g/mol. The number of aromatic nitrogens is 3. The van der Waals surface area contributed by atoms with Crippen molar-refractivity contribution in [3.05, 3.63) is 68.4 Å². The van der Waals surface area contributed by atoms with Gasteiger partial charge in [0.1, 0.15) is 34.8 Å². The van der Waals surface area contributed by atoms with Crippen molar-refractivity contribution in [1.29, 1.82) is 0 Å². The molecule has 1 aliphatic rings. The van der Waals surface area contributed by atoms with E-state index in [1.807, 2.05) is 0 Å². The Hall–Kier alpha value is -3.81. The van der Waals surface area contributed by atoms with Gasteiger partial charge in [-0.2, -0.15) is 0 Å². The lowest BCUT2D eigenvalue weighted by Gasteiger charge is -2.23. The van der Waals surface area contributed by atoms with E-state index in [1.54, 1.807) is 14.0 Å². The molecule has 13 heteroatoms. The summed E-state index contributed by atoms with van der Waals surface area (Å²) in [5, 5.41) is 9.71. The highest BCUT2D eigenvalue weighted by molar-refractivity contribution is 7.22. The van der Waals surface area contributed by atoms with Crippen LogP contribution in [0.5, 0.6) is 5.75 Å². The van der Waals surface area contributed by atoms with E-state index < -0.39 is 29.2 Å². The molecule has 39 heavy (non-hydrogen) atoms. The molecule has 1 fully saturated rings. The third-order valence-corrected chi connectivity index (χ3v) is 8.18. The van der Waals surface area contributed by atoms with Gasteiger partial charge in [0.2, 0.25) is 11.8 Å². The number of nitrogens with zero attached hydrogens (tertiary/aromatic N) is 4. The molecule has 11 nitrogen and oxygen atoms in total. The highest BCUT2D eigenvalue weighted by Gasteiger charge is 2.35. The van der Waals surface area contributed by atoms with Crippen LogP contribution in [0.1, 0.15) is 29.7 Å². The topological polar surface area (TPSA) is 129 Å². The van der Waals surface area contributed by atoms with Crippen LogP contribution in [-0.2, 0) is 16.1 Å². The summed E-state index contributed by atoms with van der Waals surface area (Å²) in [4.78, 5) is 47.3. The van der Waals surface area contributed by atoms with Crippen LogP contribution in [0.25, 0.3) is 21.0 Å². The lowest BCUT2D eigenvalue weighted by molar-refractivity contribution is -0.129. The fraction of sp³-hybridized carbons (Fsp3) is 0.385. The van der Waals surface area contributed by atoms with E-state index in [2.05, 4.69) is 4.98 Å². The highest BCUT2D eigenvalue weighted by atomic mass is 32.1. The number of fused-ring (bicyclic) bond motifs is 1. The Morgan fingerprint density at radius 3 is 2.74 bits per heavy atom. The van der Waals surface area contributed by atoms with Gasteiger partial charge in [0.25, 0.3) is 5.56 Å². The molecule has 1 saturated heterocycles. The molecule has 2 unspecified atom stereocenters. The highest BCUT2D eigenvalue weighted by Crippen LogP contribution is 2.37. The van der Waals surface area contributed by atoms with E-state index in [9.17, 15) is 23.9 Å². The van der Waals surface area contributed by atoms with Crippen molar-refractivity contribution in [3.63, 3.8) is 0 Å². The van der Waals surface area contributed by atoms with Gasteiger partial charge in [-0.25, -0.2) is 18.7 Å². The predicted octanol–water partition coefficient (Wildman–Crippen LogP) is 2.49. The molecule has 0 saturated carbocycles. The average molecular weight is 559 g/mol. The third kappa shape index (κ3) is 4.66. The van der Waals surface area contributed by atoms with Crippen LogP contribution in [0.15, 0.2) is 44.7 Å². The fourth-order valence-electron chi connectivity index (χ4n) is 4.94. The lowest BCUT2D eigenvalue weighted by Crippen LogP contribution is -2.44. The number of aliphatic hydroxyl groups excluding tert-OH is 1. The summed E-state index contributed by atoms with van der Waals surface area (Å²) in [6, 6.07) is 2.97. The number of ether oxygens (including phenoxy) is 2. The maximum absolute atomic E-state index is 14.3. The Morgan fingerprint density at radius 2 is 2.10 bits per heavy atom. The summed E-state index contributed by atoms with van der Waals surface area (Å²) in [5.41, 5.74) is -0.404. The molecular weight excluding hydrogens is 531 g/mol. The Morgan fingerprint density at radius 1 is 1.31 bits per heavy atom. The van der Waals surface area contributed by atoms with Gasteiger partial charge in [0.05, 0.1) is 43.3 Å². The molecule has 5 rings (SSSR count). The zero-order valence-corrected chi connectivity index (χ0v) is 22.4. The quantitative estimate of drug-likeness (QED) is 0.332. The number of carbonyl (C=O) groups is 1. The van der Waals surface area contributed by atoms with Gasteiger partial charge >= 0.3 is 5.69 Å². The molecule has 4 aromatic rings. The number of methoxy groups -OCH3 is 1. The first kappa shape index (κ1) is 26.8. The van der Waals surface area contributed by atoms with Crippen molar-refractivity contribution in [2.75, 3.05) is 33.9 Å². The zero-order valence-electron chi connectivity index (χ0n) is 21.5. The van der Waals surface area contributed by atoms with E-state index in [0.29, 0.717) is 39.5 Å². The molecule has 0 spiro atoms. The minimum atomic E-state index is -0.962. The first-order valence-corrected chi connectivity index (χ1v) is 13.1. The van der Waals surface area contributed by atoms with E-state index in [1.165, 1.54) is 47.2 Å². The minimum Gasteiger partial charge on any atom is -0.496 e. The first-order valence-electron chi connectivity index (χ1n) is 12.3. The summed E-state index contributed by atoms with van der Waals surface area (Å²) >= 11 is 1.15. The summed E-state index contributed by atoms with van der Waals surface area (Å²) in [5.74, 6) is -0.257. The van der Waals surface area contributed by atoms with Gasteiger partial charge in [0.15, 0.2) is 0 Å². The second-order valence-corrected chi connectivity index (χ2v) is 10.2. The van der Waals surface area contributed by atoms with E-state index >= 15 is 0 Å². The van der Waals surface area contributed by atoms with Gasteiger partial charge in [-0.15, -0.1) is 11.3 Å². The van der Waals surface area contributed by atoms with Crippen molar-refractivity contribution in [1.82, 2.24) is 19.0 Å². The molecule has 0 aliphatic carbocycles. The maximum atomic E-state index is 14.3. The number of likely N-dealkylation sites (tertiary alicyclic amines) is 1.